The van der Waals surface area contributed by atoms with Crippen molar-refractivity contribution in [1.82, 2.24) is 14.4 Å². The van der Waals surface area contributed by atoms with Crippen molar-refractivity contribution < 1.29 is 24.5 Å². The highest BCUT2D eigenvalue weighted by molar-refractivity contribution is 6.23. The molecule has 1 saturated heterocycles. The Bertz CT molecular complexity index is 729. The third-order valence-electron chi connectivity index (χ3n) is 4.36. The number of nitrogens with one attached hydrogen (secondary N) is 2. The van der Waals surface area contributed by atoms with Crippen LogP contribution >= 0.6 is 23.6 Å². The molecule has 0 aromatic carbocycles. The van der Waals surface area contributed by atoms with Gasteiger partial charge in [-0.15, -0.1) is 0 Å². The number of rotatable bonds is 7. The van der Waals surface area contributed by atoms with Crippen molar-refractivity contribution >= 4 is 35.3 Å². The van der Waals surface area contributed by atoms with Gasteiger partial charge in [0.25, 0.3) is 0 Å². The smallest absolute Gasteiger partial charge is 0.351 e. The minimum Gasteiger partial charge on any atom is -0.455 e. The van der Waals surface area contributed by atoms with Gasteiger partial charge in [-0.05, 0) is 30.7 Å². The van der Waals surface area contributed by atoms with E-state index in [9.17, 15) is 19.8 Å². The van der Waals surface area contributed by atoms with Gasteiger partial charge in [-0.2, -0.15) is 4.98 Å². The molecule has 2 heterocycles. The second-order valence-corrected chi connectivity index (χ2v) is 7.13. The summed E-state index contributed by atoms with van der Waals surface area (Å²) in [5, 5.41) is 20.6. The lowest BCUT2D eigenvalue weighted by Crippen LogP contribution is -2.51. The van der Waals surface area contributed by atoms with Crippen molar-refractivity contribution in [2.45, 2.75) is 50.8 Å². The zero-order chi connectivity index (χ0) is 20.4. The van der Waals surface area contributed by atoms with Crippen LogP contribution < -0.4 is 15.4 Å². The maximum absolute atomic E-state index is 12.4. The van der Waals surface area contributed by atoms with E-state index in [0.717, 1.165) is 4.57 Å². The molecule has 2 rings (SSSR count). The number of anilines is 1. The second kappa shape index (κ2) is 8.72. The van der Waals surface area contributed by atoms with Crippen molar-refractivity contribution in [3.63, 3.8) is 0 Å². The molecule has 1 aromatic rings. The van der Waals surface area contributed by atoms with Gasteiger partial charge in [-0.1, -0.05) is 13.8 Å². The van der Waals surface area contributed by atoms with E-state index in [1.165, 1.54) is 19.2 Å². The molecule has 27 heavy (non-hydrogen) atoms. The topological polar surface area (TPSA) is 135 Å². The van der Waals surface area contributed by atoms with E-state index in [1.54, 1.807) is 13.8 Å². The third-order valence-corrected chi connectivity index (χ3v) is 4.79. The zero-order valence-electron chi connectivity index (χ0n) is 14.9. The van der Waals surface area contributed by atoms with E-state index in [-0.39, 0.29) is 11.7 Å². The van der Waals surface area contributed by atoms with E-state index in [1.807, 2.05) is 0 Å². The molecule has 1 aliphatic heterocycles. The molecule has 0 bridgehead atoms. The fourth-order valence-electron chi connectivity index (χ4n) is 2.86. The first-order valence-corrected chi connectivity index (χ1v) is 8.94. The average Bonchev–Trinajstić information content (AvgIpc) is 2.85. The number of carbonyl (C=O) groups excluding carboxylic acids is 1. The maximum atomic E-state index is 12.4. The van der Waals surface area contributed by atoms with Gasteiger partial charge in [-0.25, -0.2) is 9.63 Å². The lowest BCUT2D eigenvalue weighted by Gasteiger charge is -2.31. The normalized spacial score (nSPS) is 29.0. The van der Waals surface area contributed by atoms with Gasteiger partial charge in [-0.3, -0.25) is 14.2 Å². The SMILES string of the molecule is CC(C)[C@H](NCl)C(=O)OC1[C@@H](CO)O[C@@H](n2ccc(NCl)nc2=O)C1(C)O. The molecule has 0 aliphatic carbocycles. The Morgan fingerprint density at radius 2 is 2.19 bits per heavy atom. The number of hydrogen-bond acceptors (Lipinski definition) is 9. The molecular formula is C15H22Cl2N4O6. The molecule has 4 N–H and O–H groups in total. The first-order chi connectivity index (χ1) is 12.7. The number of aromatic nitrogens is 2. The van der Waals surface area contributed by atoms with Crippen LogP contribution in [0.3, 0.4) is 0 Å². The predicted octanol–water partition coefficient (Wildman–Crippen LogP) is 0.129. The molecule has 1 aliphatic rings. The van der Waals surface area contributed by atoms with Crippen LogP contribution in [0.4, 0.5) is 5.82 Å². The summed E-state index contributed by atoms with van der Waals surface area (Å²) in [4.78, 5) is 32.8. The van der Waals surface area contributed by atoms with Crippen LogP contribution in [0.25, 0.3) is 0 Å². The molecule has 10 nitrogen and oxygen atoms in total. The van der Waals surface area contributed by atoms with Crippen molar-refractivity contribution in [3.05, 3.63) is 22.7 Å². The van der Waals surface area contributed by atoms with Gasteiger partial charge in [0.05, 0.1) is 6.61 Å². The third kappa shape index (κ3) is 4.36. The maximum Gasteiger partial charge on any atom is 0.351 e. The van der Waals surface area contributed by atoms with Gasteiger partial charge in [0, 0.05) is 18.0 Å². The first kappa shape index (κ1) is 21.9. The molecule has 0 spiro atoms. The molecule has 1 fully saturated rings. The zero-order valence-corrected chi connectivity index (χ0v) is 16.4. The molecule has 12 heteroatoms. The second-order valence-electron chi connectivity index (χ2n) is 6.72. The van der Waals surface area contributed by atoms with E-state index in [4.69, 9.17) is 33.0 Å². The fourth-order valence-corrected chi connectivity index (χ4v) is 3.30. The first-order valence-electron chi connectivity index (χ1n) is 8.18. The van der Waals surface area contributed by atoms with Crippen LogP contribution in [0.2, 0.25) is 0 Å². The van der Waals surface area contributed by atoms with E-state index in [0.29, 0.717) is 0 Å². The highest BCUT2D eigenvalue weighted by Crippen LogP contribution is 2.39. The quantitative estimate of drug-likeness (QED) is 0.355. The molecule has 0 amide bonds. The number of aliphatic hydroxyl groups is 2. The molecular weight excluding hydrogens is 403 g/mol. The Kier molecular flexibility index (Phi) is 7.06. The minimum absolute atomic E-state index is 0.116. The Morgan fingerprint density at radius 3 is 2.67 bits per heavy atom. The van der Waals surface area contributed by atoms with Gasteiger partial charge < -0.3 is 19.7 Å². The Labute approximate surface area is 165 Å². The summed E-state index contributed by atoms with van der Waals surface area (Å²) in [7, 11) is 0. The van der Waals surface area contributed by atoms with Crippen LogP contribution in [0, 0.1) is 5.92 Å². The lowest BCUT2D eigenvalue weighted by atomic mass is 9.95. The van der Waals surface area contributed by atoms with Crippen molar-refractivity contribution in [1.29, 1.82) is 0 Å². The largest absolute Gasteiger partial charge is 0.455 e. The predicted molar refractivity (Wildman–Crippen MR) is 97.1 cm³/mol. The monoisotopic (exact) mass is 424 g/mol. The van der Waals surface area contributed by atoms with E-state index >= 15 is 0 Å². The summed E-state index contributed by atoms with van der Waals surface area (Å²) in [6.07, 6.45) is -2.24. The number of esters is 1. The van der Waals surface area contributed by atoms with Crippen molar-refractivity contribution in [2.24, 2.45) is 5.92 Å². The van der Waals surface area contributed by atoms with E-state index in [2.05, 4.69) is 14.7 Å². The number of nitrogens with zero attached hydrogens (tertiary/aromatic N) is 2. The number of aliphatic hydroxyl groups excluding tert-OH is 1. The summed E-state index contributed by atoms with van der Waals surface area (Å²) in [6, 6.07) is 0.562. The van der Waals surface area contributed by atoms with Crippen LogP contribution in [0.15, 0.2) is 17.1 Å². The van der Waals surface area contributed by atoms with Crippen molar-refractivity contribution in [2.75, 3.05) is 11.4 Å². The highest BCUT2D eigenvalue weighted by Gasteiger charge is 2.56. The standard InChI is InChI=1S/C15H22Cl2N4O6/c1-7(2)10(20-17)12(23)27-11-8(6-22)26-13(15(11,3)25)21-5-4-9(19-16)18-14(21)24/h4-5,7-8,10-11,13,20,22,25H,6H2,1-3H3,(H,18,19,24)/t8-,10+,11?,13-,15?/m1/s1. The molecule has 1 aromatic heterocycles. The number of halogens is 2. The number of ether oxygens (including phenoxy) is 2. The molecule has 0 radical (unpaired) electrons. The minimum atomic E-state index is -1.84. The van der Waals surface area contributed by atoms with Crippen molar-refractivity contribution in [3.8, 4) is 0 Å². The Hall–Kier alpha value is -1.43. The summed E-state index contributed by atoms with van der Waals surface area (Å²) in [6.45, 7) is 4.31. The fraction of sp³-hybridized carbons (Fsp3) is 0.667. The van der Waals surface area contributed by atoms with Crippen LogP contribution in [0.1, 0.15) is 27.0 Å². The van der Waals surface area contributed by atoms with Gasteiger partial charge in [0.1, 0.15) is 23.6 Å². The Balaban J connectivity index is 2.32. The molecule has 2 unspecified atom stereocenters. The van der Waals surface area contributed by atoms with Gasteiger partial charge >= 0.3 is 11.7 Å². The summed E-state index contributed by atoms with van der Waals surface area (Å²) < 4.78 is 12.0. The summed E-state index contributed by atoms with van der Waals surface area (Å²) >= 11 is 11.0. The number of hydrogen-bond donors (Lipinski definition) is 4. The van der Waals surface area contributed by atoms with Crippen LogP contribution in [0.5, 0.6) is 0 Å². The Morgan fingerprint density at radius 1 is 1.52 bits per heavy atom. The molecule has 5 atom stereocenters. The van der Waals surface area contributed by atoms with Gasteiger partial charge in [0.15, 0.2) is 12.3 Å². The summed E-state index contributed by atoms with van der Waals surface area (Å²) in [5.41, 5.74) is -2.59. The van der Waals surface area contributed by atoms with Crippen LogP contribution in [-0.2, 0) is 14.3 Å². The van der Waals surface area contributed by atoms with Gasteiger partial charge in [0.2, 0.25) is 0 Å². The highest BCUT2D eigenvalue weighted by atomic mass is 35.5. The summed E-state index contributed by atoms with van der Waals surface area (Å²) in [5.74, 6) is -0.793. The average molecular weight is 425 g/mol. The molecule has 0 saturated carbocycles. The molecule has 152 valence electrons. The van der Waals surface area contributed by atoms with Crippen LogP contribution in [-0.4, -0.2) is 56.2 Å². The van der Waals surface area contributed by atoms with E-state index < -0.39 is 48.3 Å². The lowest BCUT2D eigenvalue weighted by molar-refractivity contribution is -0.167. The number of carbonyl (C=O) groups is 1.